The van der Waals surface area contributed by atoms with Crippen LogP contribution >= 0.6 is 0 Å². The SMILES string of the molecule is C#CCOC(=O)C1(F)CCOC1. The second-order valence-electron chi connectivity index (χ2n) is 2.55. The van der Waals surface area contributed by atoms with Crippen LogP contribution in [-0.2, 0) is 14.3 Å². The second kappa shape index (κ2) is 3.55. The molecule has 1 rings (SSSR count). The van der Waals surface area contributed by atoms with E-state index in [0.717, 1.165) is 0 Å². The average Bonchev–Trinajstić information content (AvgIpc) is 2.49. The Bertz CT molecular complexity index is 213. The molecular formula is C8H9FO3. The smallest absolute Gasteiger partial charge is 0.347 e. The first-order valence-corrected chi connectivity index (χ1v) is 3.56. The van der Waals surface area contributed by atoms with Gasteiger partial charge in [-0.05, 0) is 0 Å². The minimum atomic E-state index is -1.98. The Hall–Kier alpha value is -1.08. The summed E-state index contributed by atoms with van der Waals surface area (Å²) in [5, 5.41) is 0. The highest BCUT2D eigenvalue weighted by Gasteiger charge is 2.44. The molecule has 0 N–H and O–H groups in total. The van der Waals surface area contributed by atoms with E-state index < -0.39 is 11.6 Å². The van der Waals surface area contributed by atoms with Gasteiger partial charge < -0.3 is 9.47 Å². The summed E-state index contributed by atoms with van der Waals surface area (Å²) >= 11 is 0. The third-order valence-corrected chi connectivity index (χ3v) is 1.63. The van der Waals surface area contributed by atoms with Crippen LogP contribution < -0.4 is 0 Å². The van der Waals surface area contributed by atoms with Crippen molar-refractivity contribution in [2.45, 2.75) is 12.1 Å². The van der Waals surface area contributed by atoms with Crippen LogP contribution in [0.3, 0.4) is 0 Å². The van der Waals surface area contributed by atoms with Crippen molar-refractivity contribution < 1.29 is 18.7 Å². The summed E-state index contributed by atoms with van der Waals surface area (Å²) in [6.07, 6.45) is 4.89. The Labute approximate surface area is 69.8 Å². The summed E-state index contributed by atoms with van der Waals surface area (Å²) in [6.45, 7) is -0.164. The molecule has 0 saturated carbocycles. The number of rotatable bonds is 2. The van der Waals surface area contributed by atoms with Gasteiger partial charge in [-0.1, -0.05) is 5.92 Å². The number of terminal acetylenes is 1. The fourth-order valence-corrected chi connectivity index (χ4v) is 0.938. The van der Waals surface area contributed by atoms with Gasteiger partial charge >= 0.3 is 5.97 Å². The molecular weight excluding hydrogens is 163 g/mol. The molecule has 0 aliphatic carbocycles. The molecule has 1 fully saturated rings. The molecule has 66 valence electrons. The zero-order valence-electron chi connectivity index (χ0n) is 6.51. The van der Waals surface area contributed by atoms with Crippen LogP contribution in [0.1, 0.15) is 6.42 Å². The number of carbonyl (C=O) groups excluding carboxylic acids is 1. The summed E-state index contributed by atoms with van der Waals surface area (Å²) in [5.74, 6) is 1.17. The van der Waals surface area contributed by atoms with Crippen molar-refractivity contribution in [3.63, 3.8) is 0 Å². The van der Waals surface area contributed by atoms with Crippen molar-refractivity contribution >= 4 is 5.97 Å². The van der Waals surface area contributed by atoms with Gasteiger partial charge in [0.2, 0.25) is 5.67 Å². The molecule has 0 aromatic carbocycles. The van der Waals surface area contributed by atoms with Crippen LogP contribution in [-0.4, -0.2) is 31.5 Å². The first-order valence-electron chi connectivity index (χ1n) is 3.56. The molecule has 0 aromatic heterocycles. The van der Waals surface area contributed by atoms with E-state index in [9.17, 15) is 9.18 Å². The molecule has 1 aliphatic heterocycles. The highest BCUT2D eigenvalue weighted by atomic mass is 19.1. The zero-order chi connectivity index (χ0) is 9.03. The van der Waals surface area contributed by atoms with Crippen molar-refractivity contribution in [1.82, 2.24) is 0 Å². The van der Waals surface area contributed by atoms with Gasteiger partial charge in [-0.2, -0.15) is 0 Å². The molecule has 1 unspecified atom stereocenters. The fourth-order valence-electron chi connectivity index (χ4n) is 0.938. The predicted octanol–water partition coefficient (Wildman–Crippen LogP) is 0.291. The lowest BCUT2D eigenvalue weighted by Gasteiger charge is -2.13. The van der Waals surface area contributed by atoms with Crippen LogP contribution in [0, 0.1) is 12.3 Å². The molecule has 12 heavy (non-hydrogen) atoms. The molecule has 0 bridgehead atoms. The molecule has 1 heterocycles. The van der Waals surface area contributed by atoms with Crippen LogP contribution in [0.5, 0.6) is 0 Å². The molecule has 3 nitrogen and oxygen atoms in total. The molecule has 1 saturated heterocycles. The number of alkyl halides is 1. The van der Waals surface area contributed by atoms with Gasteiger partial charge in [0.25, 0.3) is 0 Å². The monoisotopic (exact) mass is 172 g/mol. The van der Waals surface area contributed by atoms with Gasteiger partial charge in [-0.3, -0.25) is 0 Å². The van der Waals surface area contributed by atoms with Gasteiger partial charge in [0.1, 0.15) is 0 Å². The van der Waals surface area contributed by atoms with E-state index in [4.69, 9.17) is 11.2 Å². The van der Waals surface area contributed by atoms with Crippen molar-refractivity contribution in [3.05, 3.63) is 0 Å². The first kappa shape index (κ1) is 9.01. The average molecular weight is 172 g/mol. The fraction of sp³-hybridized carbons (Fsp3) is 0.625. The summed E-state index contributed by atoms with van der Waals surface area (Å²) in [5.41, 5.74) is -1.98. The van der Waals surface area contributed by atoms with Crippen LogP contribution in [0.25, 0.3) is 0 Å². The number of hydrogen-bond donors (Lipinski definition) is 0. The summed E-state index contributed by atoms with van der Waals surface area (Å²) in [4.78, 5) is 11.0. The Kier molecular flexibility index (Phi) is 2.66. The van der Waals surface area contributed by atoms with E-state index >= 15 is 0 Å². The topological polar surface area (TPSA) is 35.5 Å². The molecule has 0 aromatic rings. The third kappa shape index (κ3) is 1.74. The Balaban J connectivity index is 2.45. The summed E-state index contributed by atoms with van der Waals surface area (Å²) in [7, 11) is 0. The van der Waals surface area contributed by atoms with Gasteiger partial charge in [-0.25, -0.2) is 9.18 Å². The van der Waals surface area contributed by atoms with E-state index in [0.29, 0.717) is 0 Å². The lowest BCUT2D eigenvalue weighted by Crippen LogP contribution is -2.36. The highest BCUT2D eigenvalue weighted by molar-refractivity contribution is 5.80. The molecule has 0 amide bonds. The molecule has 1 aliphatic rings. The number of ether oxygens (including phenoxy) is 2. The number of halogens is 1. The normalized spacial score (nSPS) is 28.0. The molecule has 1 atom stereocenters. The lowest BCUT2D eigenvalue weighted by molar-refractivity contribution is -0.156. The van der Waals surface area contributed by atoms with Gasteiger partial charge in [0.15, 0.2) is 6.61 Å². The van der Waals surface area contributed by atoms with E-state index in [1.165, 1.54) is 0 Å². The Morgan fingerprint density at radius 3 is 3.08 bits per heavy atom. The summed E-state index contributed by atoms with van der Waals surface area (Å²) < 4.78 is 22.5. The summed E-state index contributed by atoms with van der Waals surface area (Å²) in [6, 6.07) is 0. The van der Waals surface area contributed by atoms with Gasteiger partial charge in [0.05, 0.1) is 13.2 Å². The maximum absolute atomic E-state index is 13.4. The Morgan fingerprint density at radius 2 is 2.58 bits per heavy atom. The number of esters is 1. The minimum absolute atomic E-state index is 0.0520. The van der Waals surface area contributed by atoms with E-state index in [2.05, 4.69) is 10.7 Å². The zero-order valence-corrected chi connectivity index (χ0v) is 6.51. The van der Waals surface area contributed by atoms with Gasteiger partial charge in [0, 0.05) is 6.42 Å². The van der Waals surface area contributed by atoms with Crippen LogP contribution in [0.2, 0.25) is 0 Å². The molecule has 0 spiro atoms. The second-order valence-corrected chi connectivity index (χ2v) is 2.55. The third-order valence-electron chi connectivity index (χ3n) is 1.63. The van der Waals surface area contributed by atoms with Crippen molar-refractivity contribution in [1.29, 1.82) is 0 Å². The van der Waals surface area contributed by atoms with Crippen LogP contribution in [0.15, 0.2) is 0 Å². The van der Waals surface area contributed by atoms with Crippen molar-refractivity contribution in [3.8, 4) is 12.3 Å². The number of carbonyl (C=O) groups is 1. The number of hydrogen-bond acceptors (Lipinski definition) is 3. The van der Waals surface area contributed by atoms with Gasteiger partial charge in [-0.15, -0.1) is 6.42 Å². The van der Waals surface area contributed by atoms with E-state index in [1.807, 2.05) is 0 Å². The predicted molar refractivity (Wildman–Crippen MR) is 39.1 cm³/mol. The highest BCUT2D eigenvalue weighted by Crippen LogP contribution is 2.24. The van der Waals surface area contributed by atoms with Crippen molar-refractivity contribution in [2.24, 2.45) is 0 Å². The largest absolute Gasteiger partial charge is 0.450 e. The first-order chi connectivity index (χ1) is 5.69. The van der Waals surface area contributed by atoms with E-state index in [-0.39, 0.29) is 26.2 Å². The Morgan fingerprint density at radius 1 is 1.83 bits per heavy atom. The standard InChI is InChI=1S/C8H9FO3/c1-2-4-12-7(10)8(9)3-5-11-6-8/h1H,3-6H2. The van der Waals surface area contributed by atoms with Crippen molar-refractivity contribution in [2.75, 3.05) is 19.8 Å². The minimum Gasteiger partial charge on any atom is -0.450 e. The molecule has 0 radical (unpaired) electrons. The van der Waals surface area contributed by atoms with Crippen LogP contribution in [0.4, 0.5) is 4.39 Å². The maximum atomic E-state index is 13.4. The van der Waals surface area contributed by atoms with E-state index in [1.54, 1.807) is 0 Å². The quantitative estimate of drug-likeness (QED) is 0.443. The maximum Gasteiger partial charge on any atom is 0.347 e. The molecule has 4 heteroatoms. The lowest BCUT2D eigenvalue weighted by atomic mass is 10.1.